The molecule has 1 aliphatic rings. The van der Waals surface area contributed by atoms with Crippen LogP contribution in [0.3, 0.4) is 0 Å². The Labute approximate surface area is 99.6 Å². The van der Waals surface area contributed by atoms with Gasteiger partial charge in [0.15, 0.2) is 5.82 Å². The number of nitrogens with two attached hydrogens (primary N) is 1. The van der Waals surface area contributed by atoms with Gasteiger partial charge < -0.3 is 5.73 Å². The quantitative estimate of drug-likeness (QED) is 0.836. The Bertz CT molecular complexity index is 519. The summed E-state index contributed by atoms with van der Waals surface area (Å²) in [6.45, 7) is 0.381. The van der Waals surface area contributed by atoms with Crippen LogP contribution in [0.4, 0.5) is 0 Å². The Morgan fingerprint density at radius 2 is 2.24 bits per heavy atom. The first-order valence-electron chi connectivity index (χ1n) is 5.95. The third-order valence-electron chi connectivity index (χ3n) is 3.38. The molecular weight excluding hydrogens is 214 g/mol. The van der Waals surface area contributed by atoms with Crippen molar-refractivity contribution in [3.05, 3.63) is 41.2 Å². The smallest absolute Gasteiger partial charge is 0.165 e. The monoisotopic (exact) mass is 229 g/mol. The molecule has 88 valence electrons. The normalized spacial score (nSPS) is 19.0. The topological polar surface area (TPSA) is 69.6 Å². The van der Waals surface area contributed by atoms with E-state index in [1.807, 2.05) is 4.68 Å². The summed E-state index contributed by atoms with van der Waals surface area (Å²) in [5.41, 5.74) is 8.40. The molecule has 2 N–H and O–H groups in total. The SMILES string of the molecule is NCc1nnnn1C1CCCc2ccccc21. The van der Waals surface area contributed by atoms with Crippen molar-refractivity contribution in [2.24, 2.45) is 5.73 Å². The minimum absolute atomic E-state index is 0.244. The Morgan fingerprint density at radius 3 is 3.12 bits per heavy atom. The highest BCUT2D eigenvalue weighted by molar-refractivity contribution is 5.32. The van der Waals surface area contributed by atoms with Crippen molar-refractivity contribution in [1.29, 1.82) is 0 Å². The highest BCUT2D eigenvalue weighted by atomic mass is 15.6. The maximum atomic E-state index is 5.66. The van der Waals surface area contributed by atoms with Crippen molar-refractivity contribution in [2.75, 3.05) is 0 Å². The van der Waals surface area contributed by atoms with Crippen LogP contribution >= 0.6 is 0 Å². The third kappa shape index (κ3) is 1.72. The predicted octanol–water partition coefficient (Wildman–Crippen LogP) is 1.06. The fourth-order valence-corrected chi connectivity index (χ4v) is 2.57. The minimum atomic E-state index is 0.244. The summed E-state index contributed by atoms with van der Waals surface area (Å²) >= 11 is 0. The van der Waals surface area contributed by atoms with E-state index >= 15 is 0 Å². The maximum absolute atomic E-state index is 5.66. The summed E-state index contributed by atoms with van der Waals surface area (Å²) in [5.74, 6) is 0.756. The van der Waals surface area contributed by atoms with E-state index in [2.05, 4.69) is 39.8 Å². The molecule has 0 bridgehead atoms. The van der Waals surface area contributed by atoms with Gasteiger partial charge in [-0.1, -0.05) is 24.3 Å². The average Bonchev–Trinajstić information content (AvgIpc) is 2.86. The molecule has 1 aliphatic carbocycles. The molecule has 0 fully saturated rings. The molecule has 5 nitrogen and oxygen atoms in total. The van der Waals surface area contributed by atoms with Gasteiger partial charge in [-0.3, -0.25) is 0 Å². The number of hydrogen-bond donors (Lipinski definition) is 1. The predicted molar refractivity (Wildman–Crippen MR) is 63.2 cm³/mol. The third-order valence-corrected chi connectivity index (χ3v) is 3.38. The zero-order chi connectivity index (χ0) is 11.7. The van der Waals surface area contributed by atoms with Crippen LogP contribution in [-0.4, -0.2) is 20.2 Å². The lowest BCUT2D eigenvalue weighted by molar-refractivity contribution is 0.428. The molecule has 0 saturated heterocycles. The van der Waals surface area contributed by atoms with E-state index < -0.39 is 0 Å². The molecule has 3 rings (SSSR count). The Morgan fingerprint density at radius 1 is 1.35 bits per heavy atom. The Balaban J connectivity index is 2.06. The molecule has 5 heteroatoms. The molecule has 1 aromatic heterocycles. The first kappa shape index (κ1) is 10.4. The van der Waals surface area contributed by atoms with Crippen LogP contribution in [0.25, 0.3) is 0 Å². The lowest BCUT2D eigenvalue weighted by atomic mass is 9.88. The number of tetrazole rings is 1. The van der Waals surface area contributed by atoms with Gasteiger partial charge >= 0.3 is 0 Å². The van der Waals surface area contributed by atoms with Crippen molar-refractivity contribution in [3.63, 3.8) is 0 Å². The highest BCUT2D eigenvalue weighted by Crippen LogP contribution is 2.32. The summed E-state index contributed by atoms with van der Waals surface area (Å²) in [6, 6.07) is 8.76. The molecule has 0 spiro atoms. The van der Waals surface area contributed by atoms with Gasteiger partial charge in [-0.15, -0.1) is 5.10 Å². The fourth-order valence-electron chi connectivity index (χ4n) is 2.57. The summed E-state index contributed by atoms with van der Waals surface area (Å²) < 4.78 is 1.87. The lowest BCUT2D eigenvalue weighted by Crippen LogP contribution is -2.21. The van der Waals surface area contributed by atoms with Gasteiger partial charge in [-0.25, -0.2) is 4.68 Å². The number of fused-ring (bicyclic) bond motifs is 1. The van der Waals surface area contributed by atoms with Gasteiger partial charge in [0.2, 0.25) is 0 Å². The number of rotatable bonds is 2. The van der Waals surface area contributed by atoms with Crippen LogP contribution in [-0.2, 0) is 13.0 Å². The molecule has 0 aliphatic heterocycles. The fraction of sp³-hybridized carbons (Fsp3) is 0.417. The molecule has 1 aromatic carbocycles. The molecule has 2 aromatic rings. The van der Waals surface area contributed by atoms with E-state index in [0.717, 1.165) is 18.7 Å². The van der Waals surface area contributed by atoms with E-state index in [9.17, 15) is 0 Å². The molecule has 1 heterocycles. The van der Waals surface area contributed by atoms with Gasteiger partial charge in [0, 0.05) is 0 Å². The van der Waals surface area contributed by atoms with Gasteiger partial charge in [0.05, 0.1) is 12.6 Å². The van der Waals surface area contributed by atoms with Crippen LogP contribution in [0.15, 0.2) is 24.3 Å². The molecular formula is C12H15N5. The van der Waals surface area contributed by atoms with Gasteiger partial charge in [-0.2, -0.15) is 0 Å². The van der Waals surface area contributed by atoms with Crippen LogP contribution < -0.4 is 5.73 Å². The van der Waals surface area contributed by atoms with Crippen LogP contribution in [0.5, 0.6) is 0 Å². The molecule has 1 atom stereocenters. The Kier molecular flexibility index (Phi) is 2.60. The minimum Gasteiger partial charge on any atom is -0.324 e. The maximum Gasteiger partial charge on any atom is 0.165 e. The zero-order valence-corrected chi connectivity index (χ0v) is 9.58. The van der Waals surface area contributed by atoms with E-state index in [0.29, 0.717) is 6.54 Å². The standard InChI is InChI=1S/C12H15N5/c13-8-12-14-15-16-17(12)11-7-3-5-9-4-1-2-6-10(9)11/h1-2,4,6,11H,3,5,7-8,13H2. The molecule has 1 unspecified atom stereocenters. The molecule has 0 amide bonds. The van der Waals surface area contributed by atoms with Crippen molar-refractivity contribution in [1.82, 2.24) is 20.2 Å². The molecule has 0 radical (unpaired) electrons. The van der Waals surface area contributed by atoms with Crippen LogP contribution in [0.2, 0.25) is 0 Å². The number of aromatic nitrogens is 4. The Hall–Kier alpha value is -1.75. The average molecular weight is 229 g/mol. The van der Waals surface area contributed by atoms with Crippen molar-refractivity contribution >= 4 is 0 Å². The second-order valence-electron chi connectivity index (χ2n) is 4.35. The number of benzene rings is 1. The highest BCUT2D eigenvalue weighted by Gasteiger charge is 2.24. The summed E-state index contributed by atoms with van der Waals surface area (Å²) in [7, 11) is 0. The number of nitrogens with zero attached hydrogens (tertiary/aromatic N) is 4. The summed E-state index contributed by atoms with van der Waals surface area (Å²) in [4.78, 5) is 0. The van der Waals surface area contributed by atoms with E-state index in [4.69, 9.17) is 5.73 Å². The van der Waals surface area contributed by atoms with Crippen molar-refractivity contribution in [3.8, 4) is 0 Å². The van der Waals surface area contributed by atoms with Crippen LogP contribution in [0, 0.1) is 0 Å². The zero-order valence-electron chi connectivity index (χ0n) is 9.58. The summed E-state index contributed by atoms with van der Waals surface area (Å²) in [6.07, 6.45) is 3.40. The first-order valence-corrected chi connectivity index (χ1v) is 5.95. The van der Waals surface area contributed by atoms with Gasteiger partial charge in [-0.05, 0) is 40.8 Å². The largest absolute Gasteiger partial charge is 0.324 e. The van der Waals surface area contributed by atoms with E-state index in [1.54, 1.807) is 0 Å². The number of hydrogen-bond acceptors (Lipinski definition) is 4. The molecule has 0 saturated carbocycles. The summed E-state index contributed by atoms with van der Waals surface area (Å²) in [5, 5.41) is 11.8. The second kappa shape index (κ2) is 4.25. The molecule has 17 heavy (non-hydrogen) atoms. The van der Waals surface area contributed by atoms with E-state index in [-0.39, 0.29) is 6.04 Å². The van der Waals surface area contributed by atoms with Gasteiger partial charge in [0.25, 0.3) is 0 Å². The second-order valence-corrected chi connectivity index (χ2v) is 4.35. The van der Waals surface area contributed by atoms with E-state index in [1.165, 1.54) is 17.5 Å². The van der Waals surface area contributed by atoms with Gasteiger partial charge in [0.1, 0.15) is 0 Å². The number of aryl methyl sites for hydroxylation is 1. The lowest BCUT2D eigenvalue weighted by Gasteiger charge is -2.25. The van der Waals surface area contributed by atoms with Crippen molar-refractivity contribution in [2.45, 2.75) is 31.8 Å². The van der Waals surface area contributed by atoms with Crippen molar-refractivity contribution < 1.29 is 0 Å². The first-order chi connectivity index (χ1) is 8.40. The van der Waals surface area contributed by atoms with Crippen LogP contribution in [0.1, 0.15) is 35.8 Å².